The largest absolute Gasteiger partial charge is 0.466 e. The number of carbonyl (C=O) groups excluding carboxylic acids is 1. The lowest BCUT2D eigenvalue weighted by molar-refractivity contribution is -0.143. The first-order valence-corrected chi connectivity index (χ1v) is 5.69. The van der Waals surface area contributed by atoms with E-state index in [9.17, 15) is 4.79 Å². The minimum atomic E-state index is -0.0403. The number of hydrogen-bond acceptors (Lipinski definition) is 3. The lowest BCUT2D eigenvalue weighted by atomic mass is 9.92. The molecule has 3 nitrogen and oxygen atoms in total. The quantitative estimate of drug-likeness (QED) is 0.685. The van der Waals surface area contributed by atoms with Crippen molar-refractivity contribution in [3.63, 3.8) is 0 Å². The average molecular weight is 199 g/mol. The van der Waals surface area contributed by atoms with E-state index in [-0.39, 0.29) is 5.97 Å². The molecule has 0 atom stereocenters. The van der Waals surface area contributed by atoms with Gasteiger partial charge >= 0.3 is 5.97 Å². The number of nitrogens with one attached hydrogen (secondary N) is 1. The number of ether oxygens (including phenoxy) is 1. The Morgan fingerprint density at radius 1 is 1.43 bits per heavy atom. The van der Waals surface area contributed by atoms with Crippen molar-refractivity contribution in [3.05, 3.63) is 0 Å². The zero-order valence-electron chi connectivity index (χ0n) is 9.05. The maximum atomic E-state index is 11.1. The van der Waals surface area contributed by atoms with Crippen molar-refractivity contribution in [2.75, 3.05) is 19.7 Å². The second-order valence-electron chi connectivity index (χ2n) is 3.89. The Balaban J connectivity index is 1.99. The Morgan fingerprint density at radius 3 is 2.79 bits per heavy atom. The van der Waals surface area contributed by atoms with Gasteiger partial charge in [-0.3, -0.25) is 4.79 Å². The molecule has 0 aromatic rings. The van der Waals surface area contributed by atoms with Crippen LogP contribution in [0.2, 0.25) is 0 Å². The number of hydrogen-bond donors (Lipinski definition) is 1. The van der Waals surface area contributed by atoms with E-state index in [0.717, 1.165) is 25.4 Å². The smallest absolute Gasteiger partial charge is 0.305 e. The van der Waals surface area contributed by atoms with Crippen molar-refractivity contribution in [1.82, 2.24) is 5.32 Å². The molecular weight excluding hydrogens is 178 g/mol. The molecule has 1 fully saturated rings. The number of carbonyl (C=O) groups is 1. The highest BCUT2D eigenvalue weighted by Crippen LogP contribution is 2.18. The van der Waals surface area contributed by atoms with Crippen molar-refractivity contribution < 1.29 is 9.53 Å². The Bertz CT molecular complexity index is 165. The van der Waals surface area contributed by atoms with E-state index < -0.39 is 0 Å². The zero-order valence-corrected chi connectivity index (χ0v) is 9.05. The molecule has 0 radical (unpaired) electrons. The van der Waals surface area contributed by atoms with Crippen molar-refractivity contribution in [2.45, 2.75) is 39.0 Å². The molecule has 0 amide bonds. The molecule has 0 aliphatic carbocycles. The summed E-state index contributed by atoms with van der Waals surface area (Å²) < 4.78 is 4.88. The first-order chi connectivity index (χ1) is 6.83. The van der Waals surface area contributed by atoms with E-state index in [1.807, 2.05) is 6.92 Å². The molecule has 1 saturated heterocycles. The van der Waals surface area contributed by atoms with Crippen LogP contribution in [0.5, 0.6) is 0 Å². The molecule has 3 heteroatoms. The molecule has 0 saturated carbocycles. The summed E-state index contributed by atoms with van der Waals surface area (Å²) >= 11 is 0. The third kappa shape index (κ3) is 4.61. The molecule has 14 heavy (non-hydrogen) atoms. The average Bonchev–Trinajstić information content (AvgIpc) is 2.20. The van der Waals surface area contributed by atoms with Crippen LogP contribution in [0.1, 0.15) is 39.0 Å². The third-order valence-corrected chi connectivity index (χ3v) is 2.76. The summed E-state index contributed by atoms with van der Waals surface area (Å²) in [6.45, 7) is 4.64. The maximum Gasteiger partial charge on any atom is 0.305 e. The molecule has 1 aliphatic heterocycles. The number of rotatable bonds is 5. The SMILES string of the molecule is CCOC(=O)CCCC1CCNCC1. The monoisotopic (exact) mass is 199 g/mol. The maximum absolute atomic E-state index is 11.1. The lowest BCUT2D eigenvalue weighted by Crippen LogP contribution is -2.27. The van der Waals surface area contributed by atoms with Crippen LogP contribution in [0, 0.1) is 5.92 Å². The Labute approximate surface area is 86.2 Å². The summed E-state index contributed by atoms with van der Waals surface area (Å²) in [7, 11) is 0. The van der Waals surface area contributed by atoms with Gasteiger partial charge in [0.25, 0.3) is 0 Å². The van der Waals surface area contributed by atoms with Gasteiger partial charge in [0.15, 0.2) is 0 Å². The van der Waals surface area contributed by atoms with Crippen LogP contribution in [0.4, 0.5) is 0 Å². The second kappa shape index (κ2) is 6.82. The molecule has 1 N–H and O–H groups in total. The van der Waals surface area contributed by atoms with E-state index in [1.165, 1.54) is 19.3 Å². The number of esters is 1. The molecule has 82 valence electrons. The van der Waals surface area contributed by atoms with Crippen LogP contribution >= 0.6 is 0 Å². The fourth-order valence-electron chi connectivity index (χ4n) is 1.94. The Morgan fingerprint density at radius 2 is 2.14 bits per heavy atom. The van der Waals surface area contributed by atoms with E-state index in [1.54, 1.807) is 0 Å². The van der Waals surface area contributed by atoms with Gasteiger partial charge in [0.1, 0.15) is 0 Å². The molecule has 0 spiro atoms. The van der Waals surface area contributed by atoms with Crippen LogP contribution in [0.25, 0.3) is 0 Å². The lowest BCUT2D eigenvalue weighted by Gasteiger charge is -2.22. The van der Waals surface area contributed by atoms with Crippen molar-refractivity contribution in [1.29, 1.82) is 0 Å². The minimum Gasteiger partial charge on any atom is -0.466 e. The summed E-state index contributed by atoms with van der Waals surface area (Å²) in [6.07, 6.45) is 5.30. The standard InChI is InChI=1S/C11H21NO2/c1-2-14-11(13)5-3-4-10-6-8-12-9-7-10/h10,12H,2-9H2,1H3. The van der Waals surface area contributed by atoms with Gasteiger partial charge in [0.2, 0.25) is 0 Å². The van der Waals surface area contributed by atoms with E-state index in [2.05, 4.69) is 5.32 Å². The molecule has 1 rings (SSSR count). The first kappa shape index (κ1) is 11.5. The van der Waals surface area contributed by atoms with Crippen LogP contribution < -0.4 is 5.32 Å². The van der Waals surface area contributed by atoms with Crippen LogP contribution in [0.15, 0.2) is 0 Å². The van der Waals surface area contributed by atoms with Crippen LogP contribution in [-0.2, 0) is 9.53 Å². The van der Waals surface area contributed by atoms with Crippen molar-refractivity contribution >= 4 is 5.97 Å². The summed E-state index contributed by atoms with van der Waals surface area (Å²) in [6, 6.07) is 0. The zero-order chi connectivity index (χ0) is 10.2. The Kier molecular flexibility index (Phi) is 5.60. The summed E-state index contributed by atoms with van der Waals surface area (Å²) in [5, 5.41) is 3.34. The first-order valence-electron chi connectivity index (χ1n) is 5.69. The predicted octanol–water partition coefficient (Wildman–Crippen LogP) is 1.72. The van der Waals surface area contributed by atoms with Gasteiger partial charge in [-0.2, -0.15) is 0 Å². The van der Waals surface area contributed by atoms with Gasteiger partial charge in [0.05, 0.1) is 6.61 Å². The second-order valence-corrected chi connectivity index (χ2v) is 3.89. The molecular formula is C11H21NO2. The van der Waals surface area contributed by atoms with Crippen molar-refractivity contribution in [3.8, 4) is 0 Å². The molecule has 1 aliphatic rings. The van der Waals surface area contributed by atoms with Gasteiger partial charge in [-0.1, -0.05) is 0 Å². The summed E-state index contributed by atoms with van der Waals surface area (Å²) in [5.74, 6) is 0.784. The van der Waals surface area contributed by atoms with E-state index >= 15 is 0 Å². The molecule has 0 unspecified atom stereocenters. The molecule has 0 bridgehead atoms. The van der Waals surface area contributed by atoms with Gasteiger partial charge in [-0.05, 0) is 51.6 Å². The van der Waals surface area contributed by atoms with Crippen LogP contribution in [-0.4, -0.2) is 25.7 Å². The van der Waals surface area contributed by atoms with E-state index in [0.29, 0.717) is 13.0 Å². The highest BCUT2D eigenvalue weighted by molar-refractivity contribution is 5.69. The highest BCUT2D eigenvalue weighted by atomic mass is 16.5. The molecule has 0 aromatic heterocycles. The third-order valence-electron chi connectivity index (χ3n) is 2.76. The van der Waals surface area contributed by atoms with Crippen molar-refractivity contribution in [2.24, 2.45) is 5.92 Å². The fourth-order valence-corrected chi connectivity index (χ4v) is 1.94. The summed E-state index contributed by atoms with van der Waals surface area (Å²) in [4.78, 5) is 11.1. The molecule has 0 aromatic carbocycles. The predicted molar refractivity (Wildman–Crippen MR) is 56.1 cm³/mol. The fraction of sp³-hybridized carbons (Fsp3) is 0.909. The van der Waals surface area contributed by atoms with Crippen LogP contribution in [0.3, 0.4) is 0 Å². The Hall–Kier alpha value is -0.570. The minimum absolute atomic E-state index is 0.0403. The molecule has 1 heterocycles. The normalized spacial score (nSPS) is 18.1. The van der Waals surface area contributed by atoms with Gasteiger partial charge < -0.3 is 10.1 Å². The van der Waals surface area contributed by atoms with Gasteiger partial charge in [-0.25, -0.2) is 0 Å². The summed E-state index contributed by atoms with van der Waals surface area (Å²) in [5.41, 5.74) is 0. The topological polar surface area (TPSA) is 38.3 Å². The van der Waals surface area contributed by atoms with E-state index in [4.69, 9.17) is 4.74 Å². The van der Waals surface area contributed by atoms with Gasteiger partial charge in [0, 0.05) is 6.42 Å². The van der Waals surface area contributed by atoms with Gasteiger partial charge in [-0.15, -0.1) is 0 Å². The highest BCUT2D eigenvalue weighted by Gasteiger charge is 2.13. The number of piperidine rings is 1.